The molecule has 0 unspecified atom stereocenters. The number of hydrogen-bond donors (Lipinski definition) is 0. The first-order valence-electron chi connectivity index (χ1n) is 6.26. The van der Waals surface area contributed by atoms with Gasteiger partial charge in [0.1, 0.15) is 0 Å². The summed E-state index contributed by atoms with van der Waals surface area (Å²) in [5.41, 5.74) is 4.67. The normalized spacial score (nSPS) is 13.0. The van der Waals surface area contributed by atoms with Gasteiger partial charge in [-0.25, -0.2) is 0 Å². The molecule has 0 aliphatic heterocycles. The standard InChI is InChI=1S/C18H11Br2/c19-16-9-3-7-14(11-16)18(13-5-1-2-6-13)15-8-4-10-17(20)12-15/h1-5,7-12H. The summed E-state index contributed by atoms with van der Waals surface area (Å²) in [7, 11) is 0. The zero-order valence-electron chi connectivity index (χ0n) is 10.6. The van der Waals surface area contributed by atoms with E-state index in [9.17, 15) is 0 Å². The summed E-state index contributed by atoms with van der Waals surface area (Å²) in [6.07, 6.45) is 9.37. The maximum absolute atomic E-state index is 3.55. The summed E-state index contributed by atoms with van der Waals surface area (Å²) >= 11 is 7.10. The van der Waals surface area contributed by atoms with Crippen LogP contribution in [0, 0.1) is 6.08 Å². The van der Waals surface area contributed by atoms with Crippen molar-refractivity contribution in [2.24, 2.45) is 0 Å². The molecule has 3 rings (SSSR count). The van der Waals surface area contributed by atoms with Crippen molar-refractivity contribution >= 4 is 37.4 Å². The topological polar surface area (TPSA) is 0 Å². The average molecular weight is 387 g/mol. The number of hydrogen-bond acceptors (Lipinski definition) is 0. The van der Waals surface area contributed by atoms with Gasteiger partial charge in [-0.15, -0.1) is 0 Å². The molecule has 1 radical (unpaired) electrons. The van der Waals surface area contributed by atoms with Crippen molar-refractivity contribution in [3.8, 4) is 0 Å². The lowest BCUT2D eigenvalue weighted by Crippen LogP contribution is -1.92. The van der Waals surface area contributed by atoms with E-state index in [0.717, 1.165) is 14.5 Å². The highest BCUT2D eigenvalue weighted by molar-refractivity contribution is 9.10. The summed E-state index contributed by atoms with van der Waals surface area (Å²) in [5, 5.41) is 0. The van der Waals surface area contributed by atoms with Gasteiger partial charge in [-0.3, -0.25) is 0 Å². The SMILES string of the molecule is Brc1cccc(C(=C2[C]=CC=C2)c2cccc(Br)c2)c1. The smallest absolute Gasteiger partial charge is 0.0181 e. The molecule has 1 aliphatic carbocycles. The fourth-order valence-electron chi connectivity index (χ4n) is 2.25. The molecule has 0 fully saturated rings. The predicted octanol–water partition coefficient (Wildman–Crippen LogP) is 5.94. The number of halogens is 2. The van der Waals surface area contributed by atoms with Crippen LogP contribution >= 0.6 is 31.9 Å². The highest BCUT2D eigenvalue weighted by atomic mass is 79.9. The molecule has 2 heteroatoms. The maximum Gasteiger partial charge on any atom is 0.0181 e. The molecule has 0 saturated heterocycles. The van der Waals surface area contributed by atoms with Crippen LogP contribution in [0.4, 0.5) is 0 Å². The van der Waals surface area contributed by atoms with Crippen LogP contribution in [0.5, 0.6) is 0 Å². The Kier molecular flexibility index (Phi) is 4.04. The lowest BCUT2D eigenvalue weighted by atomic mass is 9.93. The highest BCUT2D eigenvalue weighted by Crippen LogP contribution is 2.32. The molecule has 1 aliphatic rings. The molecule has 0 N–H and O–H groups in total. The zero-order valence-corrected chi connectivity index (χ0v) is 13.8. The fourth-order valence-corrected chi connectivity index (χ4v) is 3.05. The van der Waals surface area contributed by atoms with Crippen LogP contribution in [0.3, 0.4) is 0 Å². The third kappa shape index (κ3) is 2.87. The molecule has 97 valence electrons. The Hall–Kier alpha value is -1.38. The van der Waals surface area contributed by atoms with Crippen LogP contribution in [0.2, 0.25) is 0 Å². The van der Waals surface area contributed by atoms with Gasteiger partial charge in [0.25, 0.3) is 0 Å². The Balaban J connectivity index is 2.23. The molecule has 0 bridgehead atoms. The Bertz CT molecular complexity index is 675. The first-order valence-corrected chi connectivity index (χ1v) is 7.85. The Morgan fingerprint density at radius 2 is 1.45 bits per heavy atom. The molecule has 2 aromatic rings. The minimum absolute atomic E-state index is 1.08. The van der Waals surface area contributed by atoms with Crippen LogP contribution in [0.25, 0.3) is 5.57 Å². The summed E-state index contributed by atoms with van der Waals surface area (Å²) in [4.78, 5) is 0. The molecular formula is C18H11Br2. The Morgan fingerprint density at radius 1 is 0.850 bits per heavy atom. The molecule has 0 nitrogen and oxygen atoms in total. The first kappa shape index (κ1) is 13.6. The monoisotopic (exact) mass is 385 g/mol. The van der Waals surface area contributed by atoms with Crippen molar-refractivity contribution < 1.29 is 0 Å². The largest absolute Gasteiger partial charge is 0.0610 e. The van der Waals surface area contributed by atoms with Crippen molar-refractivity contribution in [2.75, 3.05) is 0 Å². The Morgan fingerprint density at radius 3 is 1.90 bits per heavy atom. The summed E-state index contributed by atoms with van der Waals surface area (Å²) in [5.74, 6) is 0. The summed E-state index contributed by atoms with van der Waals surface area (Å²) in [6, 6.07) is 16.7. The van der Waals surface area contributed by atoms with E-state index in [1.807, 2.05) is 24.3 Å². The van der Waals surface area contributed by atoms with E-state index < -0.39 is 0 Å². The molecule has 0 aromatic heterocycles. The van der Waals surface area contributed by atoms with E-state index in [1.165, 1.54) is 16.7 Å². The van der Waals surface area contributed by atoms with Gasteiger partial charge in [-0.1, -0.05) is 74.4 Å². The van der Waals surface area contributed by atoms with Gasteiger partial charge in [-0.2, -0.15) is 0 Å². The maximum atomic E-state index is 3.55. The lowest BCUT2D eigenvalue weighted by Gasteiger charge is -2.12. The van der Waals surface area contributed by atoms with Crippen molar-refractivity contribution in [1.29, 1.82) is 0 Å². The number of benzene rings is 2. The minimum atomic E-state index is 1.08. The van der Waals surface area contributed by atoms with Gasteiger partial charge in [-0.05, 0) is 52.6 Å². The molecule has 0 heterocycles. The van der Waals surface area contributed by atoms with Crippen LogP contribution in [0.1, 0.15) is 11.1 Å². The van der Waals surface area contributed by atoms with Gasteiger partial charge in [0.15, 0.2) is 0 Å². The van der Waals surface area contributed by atoms with Gasteiger partial charge in [0.2, 0.25) is 0 Å². The van der Waals surface area contributed by atoms with Crippen LogP contribution < -0.4 is 0 Å². The average Bonchev–Trinajstić information content (AvgIpc) is 2.93. The highest BCUT2D eigenvalue weighted by Gasteiger charge is 2.11. The van der Waals surface area contributed by atoms with Crippen LogP contribution in [-0.2, 0) is 0 Å². The Labute approximate surface area is 135 Å². The van der Waals surface area contributed by atoms with E-state index in [1.54, 1.807) is 0 Å². The second-order valence-corrected chi connectivity index (χ2v) is 6.31. The molecule has 0 saturated carbocycles. The van der Waals surface area contributed by atoms with Gasteiger partial charge in [0, 0.05) is 8.95 Å². The quantitative estimate of drug-likeness (QED) is 0.598. The third-order valence-electron chi connectivity index (χ3n) is 3.09. The van der Waals surface area contributed by atoms with E-state index in [0.29, 0.717) is 0 Å². The molecular weight excluding hydrogens is 376 g/mol. The van der Waals surface area contributed by atoms with E-state index in [2.05, 4.69) is 80.4 Å². The van der Waals surface area contributed by atoms with E-state index in [4.69, 9.17) is 0 Å². The molecule has 20 heavy (non-hydrogen) atoms. The molecule has 0 atom stereocenters. The van der Waals surface area contributed by atoms with Crippen LogP contribution in [0.15, 0.2) is 81.3 Å². The third-order valence-corrected chi connectivity index (χ3v) is 4.08. The predicted molar refractivity (Wildman–Crippen MR) is 91.3 cm³/mol. The van der Waals surface area contributed by atoms with E-state index >= 15 is 0 Å². The second kappa shape index (κ2) is 5.94. The van der Waals surface area contributed by atoms with Gasteiger partial charge < -0.3 is 0 Å². The second-order valence-electron chi connectivity index (χ2n) is 4.48. The minimum Gasteiger partial charge on any atom is -0.0610 e. The van der Waals surface area contributed by atoms with Gasteiger partial charge >= 0.3 is 0 Å². The molecule has 0 spiro atoms. The van der Waals surface area contributed by atoms with Crippen molar-refractivity contribution in [3.63, 3.8) is 0 Å². The van der Waals surface area contributed by atoms with E-state index in [-0.39, 0.29) is 0 Å². The van der Waals surface area contributed by atoms with Crippen molar-refractivity contribution in [1.82, 2.24) is 0 Å². The van der Waals surface area contributed by atoms with Crippen LogP contribution in [-0.4, -0.2) is 0 Å². The van der Waals surface area contributed by atoms with Crippen molar-refractivity contribution in [3.05, 3.63) is 98.5 Å². The number of rotatable bonds is 2. The zero-order chi connectivity index (χ0) is 13.9. The van der Waals surface area contributed by atoms with Gasteiger partial charge in [0.05, 0.1) is 0 Å². The summed E-state index contributed by atoms with van der Waals surface area (Å²) in [6.45, 7) is 0. The number of allylic oxidation sites excluding steroid dienone is 5. The van der Waals surface area contributed by atoms with Crippen molar-refractivity contribution in [2.45, 2.75) is 0 Å². The molecule has 2 aromatic carbocycles. The lowest BCUT2D eigenvalue weighted by molar-refractivity contribution is 1.49. The fraction of sp³-hybridized carbons (Fsp3) is 0. The first-order chi connectivity index (χ1) is 9.74. The molecule has 0 amide bonds. The summed E-state index contributed by atoms with van der Waals surface area (Å²) < 4.78 is 2.16.